The molecule has 3 rings (SSSR count). The number of fused-ring (bicyclic) bond motifs is 1. The van der Waals surface area contributed by atoms with Crippen molar-refractivity contribution in [2.24, 2.45) is 0 Å². The summed E-state index contributed by atoms with van der Waals surface area (Å²) in [4.78, 5) is 18.5. The molecule has 33 heavy (non-hydrogen) atoms. The average Bonchev–Trinajstić information content (AvgIpc) is 3.18. The van der Waals surface area contributed by atoms with Crippen LogP contribution in [0.3, 0.4) is 0 Å². The lowest BCUT2D eigenvalue weighted by atomic mass is 9.94. The Morgan fingerprint density at radius 2 is 2.06 bits per heavy atom. The number of hydrogen-bond donors (Lipinski definition) is 2. The minimum Gasteiger partial charge on any atom is -0.306 e. The fraction of sp³-hybridized carbons (Fsp3) is 0.478. The first-order chi connectivity index (χ1) is 15.5. The number of sulfone groups is 1. The molecule has 1 aromatic carbocycles. The maximum absolute atomic E-state index is 14.6. The topological polar surface area (TPSA) is 99.6 Å². The SMILES string of the molecule is CN1CCC(F)(C#CC#Cc2ccc3nc(CC[C@](C)(C(=O)NO)S(C)(=O)=O)sc3c2)CC1. The lowest BCUT2D eigenvalue weighted by Crippen LogP contribution is -2.49. The fourth-order valence-electron chi connectivity index (χ4n) is 3.43. The lowest BCUT2D eigenvalue weighted by Gasteiger charge is -2.30. The molecule has 1 aromatic heterocycles. The maximum Gasteiger partial charge on any atom is 0.264 e. The van der Waals surface area contributed by atoms with E-state index < -0.39 is 26.2 Å². The zero-order valence-electron chi connectivity index (χ0n) is 18.7. The highest BCUT2D eigenvalue weighted by molar-refractivity contribution is 7.92. The summed E-state index contributed by atoms with van der Waals surface area (Å²) in [5.74, 6) is 9.99. The molecule has 176 valence electrons. The Balaban J connectivity index is 1.72. The summed E-state index contributed by atoms with van der Waals surface area (Å²) in [6.45, 7) is 2.64. The number of benzene rings is 1. The molecule has 1 fully saturated rings. The van der Waals surface area contributed by atoms with Gasteiger partial charge in [0.05, 0.1) is 15.2 Å². The summed E-state index contributed by atoms with van der Waals surface area (Å²) < 4.78 is 37.9. The van der Waals surface area contributed by atoms with Gasteiger partial charge < -0.3 is 4.90 Å². The number of rotatable bonds is 5. The van der Waals surface area contributed by atoms with Gasteiger partial charge in [0.1, 0.15) is 4.75 Å². The number of likely N-dealkylation sites (tertiary alicyclic amines) is 1. The van der Waals surface area contributed by atoms with Gasteiger partial charge in [-0.15, -0.1) is 11.3 Å². The highest BCUT2D eigenvalue weighted by Crippen LogP contribution is 2.28. The number of halogens is 1. The molecule has 10 heteroatoms. The average molecular weight is 492 g/mol. The van der Waals surface area contributed by atoms with Crippen molar-refractivity contribution in [1.29, 1.82) is 0 Å². The maximum atomic E-state index is 14.6. The largest absolute Gasteiger partial charge is 0.306 e. The molecule has 0 bridgehead atoms. The van der Waals surface area contributed by atoms with E-state index in [1.165, 1.54) is 23.7 Å². The van der Waals surface area contributed by atoms with Crippen LogP contribution in [0, 0.1) is 23.7 Å². The number of alkyl halides is 1. The summed E-state index contributed by atoms with van der Waals surface area (Å²) in [6.07, 6.45) is 1.95. The first-order valence-corrected chi connectivity index (χ1v) is 13.1. The Hall–Kier alpha value is -2.50. The molecule has 1 saturated heterocycles. The molecule has 0 spiro atoms. The Bertz CT molecular complexity index is 1280. The molecule has 2 aromatic rings. The number of nitrogens with one attached hydrogen (secondary N) is 1. The number of nitrogens with zero attached hydrogens (tertiary/aromatic N) is 2. The van der Waals surface area contributed by atoms with E-state index in [-0.39, 0.29) is 12.8 Å². The van der Waals surface area contributed by atoms with E-state index in [0.29, 0.717) is 36.5 Å². The van der Waals surface area contributed by atoms with Crippen LogP contribution >= 0.6 is 11.3 Å². The van der Waals surface area contributed by atoms with Crippen LogP contribution in [0.1, 0.15) is 36.8 Å². The van der Waals surface area contributed by atoms with Crippen LogP contribution in [0.5, 0.6) is 0 Å². The van der Waals surface area contributed by atoms with Gasteiger partial charge in [-0.05, 0) is 56.4 Å². The van der Waals surface area contributed by atoms with E-state index in [0.717, 1.165) is 16.5 Å². The molecule has 0 radical (unpaired) electrons. The molecular weight excluding hydrogens is 465 g/mol. The van der Waals surface area contributed by atoms with Crippen molar-refractivity contribution in [3.05, 3.63) is 28.8 Å². The summed E-state index contributed by atoms with van der Waals surface area (Å²) in [7, 11) is -1.80. The van der Waals surface area contributed by atoms with Gasteiger partial charge in [-0.1, -0.05) is 5.92 Å². The van der Waals surface area contributed by atoms with Gasteiger partial charge in [0, 0.05) is 44.2 Å². The third-order valence-corrected chi connectivity index (χ3v) is 9.09. The third kappa shape index (κ3) is 5.90. The molecule has 0 aliphatic carbocycles. The number of aromatic nitrogens is 1. The predicted molar refractivity (Wildman–Crippen MR) is 126 cm³/mol. The van der Waals surface area contributed by atoms with Crippen molar-refractivity contribution < 1.29 is 22.8 Å². The standard InChI is InChI=1S/C23H26FN3O4S2/c1-22(21(28)26-29,33(3,30)31)11-9-20-25-18-8-7-17(16-19(18)32-20)6-4-5-10-23(24)12-14-27(2)15-13-23/h7-8,16,29H,9,11-15H2,1-3H3,(H,26,28)/t22-/m1/s1. The van der Waals surface area contributed by atoms with Crippen molar-refractivity contribution in [3.63, 3.8) is 0 Å². The molecule has 0 unspecified atom stereocenters. The van der Waals surface area contributed by atoms with Gasteiger partial charge in [-0.25, -0.2) is 23.3 Å². The Morgan fingerprint density at radius 3 is 2.70 bits per heavy atom. The van der Waals surface area contributed by atoms with E-state index in [4.69, 9.17) is 5.21 Å². The summed E-state index contributed by atoms with van der Waals surface area (Å²) in [5.41, 5.74) is 1.41. The van der Waals surface area contributed by atoms with Gasteiger partial charge in [0.15, 0.2) is 15.5 Å². The van der Waals surface area contributed by atoms with E-state index in [2.05, 4.69) is 33.6 Å². The van der Waals surface area contributed by atoms with Crippen LogP contribution in [0.4, 0.5) is 4.39 Å². The van der Waals surface area contributed by atoms with E-state index in [9.17, 15) is 17.6 Å². The number of thiazole rings is 1. The number of carbonyl (C=O) groups is 1. The molecule has 2 heterocycles. The van der Waals surface area contributed by atoms with Crippen molar-refractivity contribution >= 4 is 37.3 Å². The van der Waals surface area contributed by atoms with E-state index in [1.807, 2.05) is 13.1 Å². The van der Waals surface area contributed by atoms with Crippen LogP contribution < -0.4 is 5.48 Å². The second-order valence-corrected chi connectivity index (χ2v) is 12.1. The van der Waals surface area contributed by atoms with Gasteiger partial charge in [-0.2, -0.15) is 0 Å². The van der Waals surface area contributed by atoms with Gasteiger partial charge in [-0.3, -0.25) is 10.0 Å². The summed E-state index contributed by atoms with van der Waals surface area (Å²) in [5, 5.41) is 9.61. The predicted octanol–water partition coefficient (Wildman–Crippen LogP) is 2.33. The Morgan fingerprint density at radius 1 is 1.36 bits per heavy atom. The first-order valence-electron chi connectivity index (χ1n) is 10.4. The van der Waals surface area contributed by atoms with Crippen LogP contribution in [0.2, 0.25) is 0 Å². The highest BCUT2D eigenvalue weighted by Gasteiger charge is 2.43. The van der Waals surface area contributed by atoms with E-state index >= 15 is 0 Å². The van der Waals surface area contributed by atoms with Crippen LogP contribution in [-0.4, -0.2) is 66.2 Å². The highest BCUT2D eigenvalue weighted by atomic mass is 32.2. The zero-order valence-corrected chi connectivity index (χ0v) is 20.4. The fourth-order valence-corrected chi connectivity index (χ4v) is 5.29. The summed E-state index contributed by atoms with van der Waals surface area (Å²) >= 11 is 1.37. The molecule has 0 saturated carbocycles. The minimum atomic E-state index is -3.77. The third-order valence-electron chi connectivity index (χ3n) is 5.98. The number of carbonyl (C=O) groups excluding carboxylic acids is 1. The number of hydroxylamine groups is 1. The Kier molecular flexibility index (Phi) is 7.45. The second-order valence-electron chi connectivity index (χ2n) is 8.50. The summed E-state index contributed by atoms with van der Waals surface area (Å²) in [6, 6.07) is 5.44. The minimum absolute atomic E-state index is 0.0267. The molecule has 1 aliphatic heterocycles. The zero-order chi connectivity index (χ0) is 24.3. The molecule has 1 atom stereocenters. The lowest BCUT2D eigenvalue weighted by molar-refractivity contribution is -0.131. The molecule has 2 N–H and O–H groups in total. The van der Waals surface area contributed by atoms with Gasteiger partial charge >= 0.3 is 0 Å². The normalized spacial score (nSPS) is 17.8. The number of hydrogen-bond acceptors (Lipinski definition) is 7. The number of amides is 1. The second kappa shape index (κ2) is 9.78. The van der Waals surface area contributed by atoms with Gasteiger partial charge in [0.2, 0.25) is 0 Å². The smallest absolute Gasteiger partial charge is 0.264 e. The monoisotopic (exact) mass is 491 g/mol. The van der Waals surface area contributed by atoms with E-state index in [1.54, 1.807) is 12.1 Å². The van der Waals surface area contributed by atoms with Crippen molar-refractivity contribution in [2.45, 2.75) is 43.0 Å². The number of aryl methyl sites for hydroxylation is 1. The van der Waals surface area contributed by atoms with Crippen LogP contribution in [0.25, 0.3) is 10.2 Å². The first kappa shape index (κ1) is 25.1. The molecule has 1 aliphatic rings. The van der Waals surface area contributed by atoms with Crippen LogP contribution in [-0.2, 0) is 21.1 Å². The van der Waals surface area contributed by atoms with Crippen molar-refractivity contribution in [3.8, 4) is 23.7 Å². The van der Waals surface area contributed by atoms with Gasteiger partial charge in [0.25, 0.3) is 5.91 Å². The van der Waals surface area contributed by atoms with Crippen molar-refractivity contribution in [1.82, 2.24) is 15.4 Å². The molecular formula is C23H26FN3O4S2. The Labute approximate surface area is 197 Å². The molecule has 1 amide bonds. The van der Waals surface area contributed by atoms with Crippen molar-refractivity contribution in [2.75, 3.05) is 26.4 Å². The van der Waals surface area contributed by atoms with Crippen LogP contribution in [0.15, 0.2) is 18.2 Å². The number of piperidine rings is 1. The quantitative estimate of drug-likeness (QED) is 0.378. The molecule has 7 nitrogen and oxygen atoms in total.